The number of nitrogens with zero attached hydrogens (tertiary/aromatic N) is 4. The number of hydrogen-bond donors (Lipinski definition) is 2. The first-order valence-corrected chi connectivity index (χ1v) is 10.3. The van der Waals surface area contributed by atoms with Crippen LogP contribution in [0.4, 0.5) is 0 Å². The van der Waals surface area contributed by atoms with E-state index in [4.69, 9.17) is 16.3 Å². The molecule has 2 heterocycles. The Hall–Kier alpha value is -2.33. The van der Waals surface area contributed by atoms with Crippen molar-refractivity contribution in [3.8, 4) is 11.6 Å². The maximum absolute atomic E-state index is 5.91. The van der Waals surface area contributed by atoms with Gasteiger partial charge in [-0.3, -0.25) is 4.57 Å². The second kappa shape index (κ2) is 12.5. The Morgan fingerprint density at radius 2 is 1.94 bits per heavy atom. The summed E-state index contributed by atoms with van der Waals surface area (Å²) in [5.41, 5.74) is 1.03. The summed E-state index contributed by atoms with van der Waals surface area (Å²) in [6.07, 6.45) is 5.47. The highest BCUT2D eigenvalue weighted by molar-refractivity contribution is 14.0. The van der Waals surface area contributed by atoms with Crippen LogP contribution in [0.1, 0.15) is 25.2 Å². The molecule has 0 aliphatic heterocycles. The smallest absolute Gasteiger partial charge is 0.191 e. The molecular formula is C22H28ClIN6O. The number of guanidine groups is 1. The summed E-state index contributed by atoms with van der Waals surface area (Å²) in [6, 6.07) is 11.4. The van der Waals surface area contributed by atoms with Gasteiger partial charge in [0.2, 0.25) is 0 Å². The van der Waals surface area contributed by atoms with E-state index in [9.17, 15) is 0 Å². The number of pyridine rings is 1. The monoisotopic (exact) mass is 554 g/mol. The van der Waals surface area contributed by atoms with Crippen LogP contribution in [0.5, 0.6) is 5.75 Å². The van der Waals surface area contributed by atoms with Gasteiger partial charge in [-0.15, -0.1) is 24.0 Å². The number of aliphatic imine (C=N–C) groups is 1. The van der Waals surface area contributed by atoms with Crippen LogP contribution in [0.25, 0.3) is 5.82 Å². The zero-order valence-corrected chi connectivity index (χ0v) is 21.0. The summed E-state index contributed by atoms with van der Waals surface area (Å²) < 4.78 is 7.84. The molecule has 0 bridgehead atoms. The van der Waals surface area contributed by atoms with Crippen LogP contribution in [-0.2, 0) is 6.54 Å². The van der Waals surface area contributed by atoms with Gasteiger partial charge in [0.15, 0.2) is 5.96 Å². The van der Waals surface area contributed by atoms with E-state index in [1.807, 2.05) is 74.1 Å². The van der Waals surface area contributed by atoms with Crippen molar-refractivity contribution in [3.63, 3.8) is 0 Å². The molecule has 1 unspecified atom stereocenters. The Labute approximate surface area is 205 Å². The highest BCUT2D eigenvalue weighted by atomic mass is 127. The van der Waals surface area contributed by atoms with Crippen LogP contribution in [0.3, 0.4) is 0 Å². The van der Waals surface area contributed by atoms with E-state index >= 15 is 0 Å². The quantitative estimate of drug-likeness (QED) is 0.246. The fourth-order valence-electron chi connectivity index (χ4n) is 2.81. The fraction of sp³-hybridized carbons (Fsp3) is 0.318. The summed E-state index contributed by atoms with van der Waals surface area (Å²) in [5, 5.41) is 7.26. The number of aryl methyl sites for hydroxylation is 1. The van der Waals surface area contributed by atoms with Crippen LogP contribution < -0.4 is 15.4 Å². The zero-order valence-electron chi connectivity index (χ0n) is 17.9. The molecule has 0 radical (unpaired) electrons. The molecule has 0 saturated carbocycles. The Bertz CT molecular complexity index is 959. The van der Waals surface area contributed by atoms with Crippen LogP contribution >= 0.6 is 35.6 Å². The summed E-state index contributed by atoms with van der Waals surface area (Å²) in [6.45, 7) is 7.91. The predicted octanol–water partition coefficient (Wildman–Crippen LogP) is 4.37. The van der Waals surface area contributed by atoms with Crippen molar-refractivity contribution in [3.05, 3.63) is 71.4 Å². The van der Waals surface area contributed by atoms with Gasteiger partial charge in [-0.2, -0.15) is 0 Å². The van der Waals surface area contributed by atoms with Crippen molar-refractivity contribution in [2.45, 2.75) is 33.4 Å². The highest BCUT2D eigenvalue weighted by Crippen LogP contribution is 2.16. The van der Waals surface area contributed by atoms with Gasteiger partial charge in [0.25, 0.3) is 0 Å². The van der Waals surface area contributed by atoms with Gasteiger partial charge in [0.05, 0.1) is 13.1 Å². The topological polar surface area (TPSA) is 76.4 Å². The summed E-state index contributed by atoms with van der Waals surface area (Å²) >= 11 is 5.91. The maximum Gasteiger partial charge on any atom is 0.191 e. The van der Waals surface area contributed by atoms with Gasteiger partial charge in [0.1, 0.15) is 23.5 Å². The third kappa shape index (κ3) is 7.70. The molecule has 0 fully saturated rings. The SMILES string of the molecule is CCNC(=NCc1ccc(-n2ccnc2C)nc1)NCC(C)Oc1ccc(Cl)cc1.I. The Morgan fingerprint density at radius 3 is 2.55 bits per heavy atom. The lowest BCUT2D eigenvalue weighted by molar-refractivity contribution is 0.224. The molecule has 0 saturated heterocycles. The van der Waals surface area contributed by atoms with E-state index in [0.717, 1.165) is 35.5 Å². The molecule has 0 aliphatic carbocycles. The fourth-order valence-corrected chi connectivity index (χ4v) is 2.94. The van der Waals surface area contributed by atoms with Gasteiger partial charge in [0, 0.05) is 30.2 Å². The van der Waals surface area contributed by atoms with Crippen LogP contribution in [0.2, 0.25) is 5.02 Å². The molecule has 3 aromatic rings. The van der Waals surface area contributed by atoms with Crippen LogP contribution in [0.15, 0.2) is 60.0 Å². The number of benzene rings is 1. The number of hydrogen-bond acceptors (Lipinski definition) is 4. The van der Waals surface area contributed by atoms with E-state index in [0.29, 0.717) is 18.1 Å². The third-order valence-corrected chi connectivity index (χ3v) is 4.61. The maximum atomic E-state index is 5.91. The van der Waals surface area contributed by atoms with E-state index in [1.165, 1.54) is 0 Å². The minimum absolute atomic E-state index is 0. The number of ether oxygens (including phenoxy) is 1. The summed E-state index contributed by atoms with van der Waals surface area (Å²) in [4.78, 5) is 13.4. The summed E-state index contributed by atoms with van der Waals surface area (Å²) in [7, 11) is 0. The lowest BCUT2D eigenvalue weighted by atomic mass is 10.3. The number of halogens is 2. The minimum atomic E-state index is -0.0330. The molecule has 2 N–H and O–H groups in total. The van der Waals surface area contributed by atoms with Crippen molar-refractivity contribution in [2.75, 3.05) is 13.1 Å². The first-order valence-electron chi connectivity index (χ1n) is 9.95. The normalized spacial score (nSPS) is 12.1. The molecule has 1 aromatic carbocycles. The molecule has 1 atom stereocenters. The molecule has 7 nitrogen and oxygen atoms in total. The van der Waals surface area contributed by atoms with Gasteiger partial charge in [-0.25, -0.2) is 15.0 Å². The number of rotatable bonds is 8. The predicted molar refractivity (Wildman–Crippen MR) is 136 cm³/mol. The Morgan fingerprint density at radius 1 is 1.16 bits per heavy atom. The summed E-state index contributed by atoms with van der Waals surface area (Å²) in [5.74, 6) is 3.27. The van der Waals surface area contributed by atoms with E-state index < -0.39 is 0 Å². The first kappa shape index (κ1) is 24.9. The largest absolute Gasteiger partial charge is 0.489 e. The van der Waals surface area contributed by atoms with Gasteiger partial charge in [-0.05, 0) is 56.7 Å². The molecular weight excluding hydrogens is 527 g/mol. The Balaban J connectivity index is 0.00000341. The van der Waals surface area contributed by atoms with Crippen LogP contribution in [-0.4, -0.2) is 39.7 Å². The van der Waals surface area contributed by atoms with Crippen molar-refractivity contribution < 1.29 is 4.74 Å². The van der Waals surface area contributed by atoms with Crippen molar-refractivity contribution in [1.82, 2.24) is 25.2 Å². The number of aromatic nitrogens is 3. The molecule has 9 heteroatoms. The van der Waals surface area contributed by atoms with E-state index in [2.05, 4.69) is 25.6 Å². The molecule has 31 heavy (non-hydrogen) atoms. The van der Waals surface area contributed by atoms with Crippen molar-refractivity contribution in [2.24, 2.45) is 4.99 Å². The highest BCUT2D eigenvalue weighted by Gasteiger charge is 2.06. The lowest BCUT2D eigenvalue weighted by Gasteiger charge is -2.17. The second-order valence-corrected chi connectivity index (χ2v) is 7.26. The van der Waals surface area contributed by atoms with E-state index in [1.54, 1.807) is 6.20 Å². The van der Waals surface area contributed by atoms with Gasteiger partial charge in [-0.1, -0.05) is 17.7 Å². The molecule has 3 rings (SSSR count). The van der Waals surface area contributed by atoms with Crippen LogP contribution in [0, 0.1) is 6.92 Å². The Kier molecular flexibility index (Phi) is 10.1. The van der Waals surface area contributed by atoms with Gasteiger partial charge >= 0.3 is 0 Å². The standard InChI is InChI=1S/C22H27ClN6O.HI/c1-4-24-22(27-13-16(2)30-20-8-6-19(23)7-9-20)28-15-18-5-10-21(26-14-18)29-12-11-25-17(29)3;/h5-12,14,16H,4,13,15H2,1-3H3,(H2,24,27,28);1H. The molecule has 0 spiro atoms. The third-order valence-electron chi connectivity index (χ3n) is 4.35. The average Bonchev–Trinajstić information content (AvgIpc) is 3.18. The molecule has 0 amide bonds. The second-order valence-electron chi connectivity index (χ2n) is 6.83. The lowest BCUT2D eigenvalue weighted by Crippen LogP contribution is -2.41. The van der Waals surface area contributed by atoms with Crippen molar-refractivity contribution in [1.29, 1.82) is 0 Å². The first-order chi connectivity index (χ1) is 14.5. The number of nitrogens with one attached hydrogen (secondary N) is 2. The van der Waals surface area contributed by atoms with E-state index in [-0.39, 0.29) is 30.1 Å². The average molecular weight is 555 g/mol. The molecule has 166 valence electrons. The van der Waals surface area contributed by atoms with Gasteiger partial charge < -0.3 is 15.4 Å². The number of imidazole rings is 1. The molecule has 0 aliphatic rings. The molecule has 2 aromatic heterocycles. The zero-order chi connectivity index (χ0) is 21.3. The van der Waals surface area contributed by atoms with Crippen molar-refractivity contribution >= 4 is 41.5 Å². The minimum Gasteiger partial charge on any atom is -0.489 e.